The molecule has 0 fully saturated rings. The highest BCUT2D eigenvalue weighted by Crippen LogP contribution is 2.38. The monoisotopic (exact) mass is 293 g/mol. The van der Waals surface area contributed by atoms with Gasteiger partial charge in [-0.1, -0.05) is 6.07 Å². The molecular formula is C17H11NO4. The van der Waals surface area contributed by atoms with Crippen LogP contribution in [0.5, 0.6) is 23.0 Å². The lowest BCUT2D eigenvalue weighted by Gasteiger charge is -2.05. The molecule has 108 valence electrons. The molecule has 3 heterocycles. The molecule has 2 aliphatic heterocycles. The third-order valence-electron chi connectivity index (χ3n) is 3.85. The molecule has 0 N–H and O–H groups in total. The van der Waals surface area contributed by atoms with Crippen LogP contribution in [-0.4, -0.2) is 18.6 Å². The number of hydrogen-bond acceptors (Lipinski definition) is 5. The molecule has 0 spiro atoms. The largest absolute Gasteiger partial charge is 0.454 e. The van der Waals surface area contributed by atoms with Gasteiger partial charge in [-0.3, -0.25) is 0 Å². The summed E-state index contributed by atoms with van der Waals surface area (Å²) < 4.78 is 21.6. The van der Waals surface area contributed by atoms with Crippen molar-refractivity contribution < 1.29 is 18.9 Å². The number of nitrogens with zero attached hydrogens (tertiary/aromatic N) is 1. The minimum absolute atomic E-state index is 0.265. The van der Waals surface area contributed by atoms with Crippen molar-refractivity contribution in [3.8, 4) is 34.3 Å². The average Bonchev–Trinajstić information content (AvgIpc) is 3.19. The third kappa shape index (κ3) is 1.69. The van der Waals surface area contributed by atoms with E-state index in [9.17, 15) is 0 Å². The van der Waals surface area contributed by atoms with Gasteiger partial charge in [-0.05, 0) is 30.3 Å². The van der Waals surface area contributed by atoms with E-state index in [1.54, 1.807) is 0 Å². The molecule has 0 bridgehead atoms. The highest BCUT2D eigenvalue weighted by Gasteiger charge is 2.17. The number of aromatic nitrogens is 1. The smallest absolute Gasteiger partial charge is 0.231 e. The second kappa shape index (κ2) is 4.27. The zero-order valence-corrected chi connectivity index (χ0v) is 11.5. The van der Waals surface area contributed by atoms with Crippen molar-refractivity contribution in [1.82, 2.24) is 4.98 Å². The van der Waals surface area contributed by atoms with Crippen molar-refractivity contribution in [2.75, 3.05) is 13.6 Å². The first-order valence-electron chi connectivity index (χ1n) is 6.97. The van der Waals surface area contributed by atoms with Crippen LogP contribution in [0.3, 0.4) is 0 Å². The maximum Gasteiger partial charge on any atom is 0.231 e. The molecule has 0 saturated carbocycles. The zero-order valence-electron chi connectivity index (χ0n) is 11.5. The lowest BCUT2D eigenvalue weighted by Crippen LogP contribution is -1.92. The highest BCUT2D eigenvalue weighted by atomic mass is 16.7. The second-order valence-electron chi connectivity index (χ2n) is 5.16. The Morgan fingerprint density at radius 1 is 0.682 bits per heavy atom. The molecule has 1 aromatic heterocycles. The van der Waals surface area contributed by atoms with E-state index in [-0.39, 0.29) is 13.6 Å². The summed E-state index contributed by atoms with van der Waals surface area (Å²) in [4.78, 5) is 4.72. The Labute approximate surface area is 126 Å². The molecule has 0 aliphatic carbocycles. The summed E-state index contributed by atoms with van der Waals surface area (Å²) in [5.74, 6) is 3.03. The molecule has 3 aromatic rings. The number of hydrogen-bond donors (Lipinski definition) is 0. The molecule has 5 rings (SSSR count). The van der Waals surface area contributed by atoms with Crippen LogP contribution in [0.15, 0.2) is 42.5 Å². The van der Waals surface area contributed by atoms with Crippen LogP contribution in [0, 0.1) is 0 Å². The van der Waals surface area contributed by atoms with E-state index in [1.165, 1.54) is 0 Å². The van der Waals surface area contributed by atoms with E-state index >= 15 is 0 Å². The van der Waals surface area contributed by atoms with Crippen LogP contribution < -0.4 is 18.9 Å². The van der Waals surface area contributed by atoms with Gasteiger partial charge in [0.1, 0.15) is 0 Å². The molecule has 0 unspecified atom stereocenters. The minimum Gasteiger partial charge on any atom is -0.454 e. The molecule has 0 radical (unpaired) electrons. The van der Waals surface area contributed by atoms with Gasteiger partial charge in [-0.15, -0.1) is 0 Å². The van der Waals surface area contributed by atoms with Crippen molar-refractivity contribution in [1.29, 1.82) is 0 Å². The van der Waals surface area contributed by atoms with Crippen molar-refractivity contribution in [3.05, 3.63) is 42.5 Å². The van der Waals surface area contributed by atoms with E-state index < -0.39 is 0 Å². The van der Waals surface area contributed by atoms with Crippen molar-refractivity contribution >= 4 is 10.9 Å². The molecule has 2 aromatic carbocycles. The van der Waals surface area contributed by atoms with Gasteiger partial charge >= 0.3 is 0 Å². The topological polar surface area (TPSA) is 49.8 Å². The summed E-state index contributed by atoms with van der Waals surface area (Å²) in [7, 11) is 0. The number of ether oxygens (including phenoxy) is 4. The molecule has 22 heavy (non-hydrogen) atoms. The van der Waals surface area contributed by atoms with Crippen LogP contribution in [0.2, 0.25) is 0 Å². The summed E-state index contributed by atoms with van der Waals surface area (Å²) in [6.07, 6.45) is 0. The molecule has 0 amide bonds. The summed E-state index contributed by atoms with van der Waals surface area (Å²) in [5.41, 5.74) is 2.74. The number of rotatable bonds is 1. The Bertz CT molecular complexity index is 907. The van der Waals surface area contributed by atoms with Gasteiger partial charge in [0, 0.05) is 17.0 Å². The SMILES string of the molecule is c1cc2c(cc1-c1ccc3cc4c(cc3n1)OCO4)OCO2. The third-order valence-corrected chi connectivity index (χ3v) is 3.85. The maximum absolute atomic E-state index is 5.42. The first kappa shape index (κ1) is 11.7. The normalized spacial score (nSPS) is 14.5. The predicted octanol–water partition coefficient (Wildman–Crippen LogP) is 3.36. The highest BCUT2D eigenvalue weighted by molar-refractivity contribution is 5.85. The standard InChI is InChI=1S/C17H11NO4/c1-3-12(10-2-4-14-15(5-10)20-8-19-14)18-13-7-17-16(6-11(1)13)21-9-22-17/h1-7H,8-9H2. The van der Waals surface area contributed by atoms with Crippen LogP contribution in [0.1, 0.15) is 0 Å². The summed E-state index contributed by atoms with van der Waals surface area (Å²) in [5, 5.41) is 1.02. The van der Waals surface area contributed by atoms with E-state index in [0.29, 0.717) is 0 Å². The van der Waals surface area contributed by atoms with E-state index in [2.05, 4.69) is 0 Å². The fraction of sp³-hybridized carbons (Fsp3) is 0.118. The molecular weight excluding hydrogens is 282 g/mol. The number of pyridine rings is 1. The van der Waals surface area contributed by atoms with Gasteiger partial charge in [-0.2, -0.15) is 0 Å². The Hall–Kier alpha value is -2.95. The Morgan fingerprint density at radius 2 is 1.41 bits per heavy atom. The lowest BCUT2D eigenvalue weighted by molar-refractivity contribution is 0.173. The van der Waals surface area contributed by atoms with Crippen LogP contribution in [0.4, 0.5) is 0 Å². The van der Waals surface area contributed by atoms with Crippen molar-refractivity contribution in [2.24, 2.45) is 0 Å². The first-order valence-corrected chi connectivity index (χ1v) is 6.97. The van der Waals surface area contributed by atoms with Crippen LogP contribution in [0.25, 0.3) is 22.2 Å². The summed E-state index contributed by atoms with van der Waals surface area (Å²) in [6.45, 7) is 0.536. The fourth-order valence-corrected chi connectivity index (χ4v) is 2.73. The first-order chi connectivity index (χ1) is 10.9. The predicted molar refractivity (Wildman–Crippen MR) is 79.4 cm³/mol. The molecule has 5 nitrogen and oxygen atoms in total. The van der Waals surface area contributed by atoms with Crippen LogP contribution >= 0.6 is 0 Å². The molecule has 5 heteroatoms. The maximum atomic E-state index is 5.42. The van der Waals surface area contributed by atoms with Crippen molar-refractivity contribution in [3.63, 3.8) is 0 Å². The van der Waals surface area contributed by atoms with Crippen LogP contribution in [-0.2, 0) is 0 Å². The number of fused-ring (bicyclic) bond motifs is 3. The van der Waals surface area contributed by atoms with Gasteiger partial charge in [0.25, 0.3) is 0 Å². The molecule has 0 atom stereocenters. The Kier molecular flexibility index (Phi) is 2.27. The summed E-state index contributed by atoms with van der Waals surface area (Å²) in [6, 6.07) is 13.7. The van der Waals surface area contributed by atoms with Gasteiger partial charge < -0.3 is 18.9 Å². The fourth-order valence-electron chi connectivity index (χ4n) is 2.73. The Balaban J connectivity index is 1.64. The lowest BCUT2D eigenvalue weighted by atomic mass is 10.1. The average molecular weight is 293 g/mol. The molecule has 2 aliphatic rings. The van der Waals surface area contributed by atoms with Gasteiger partial charge in [0.2, 0.25) is 13.6 Å². The minimum atomic E-state index is 0.265. The van der Waals surface area contributed by atoms with Gasteiger partial charge in [-0.25, -0.2) is 4.98 Å². The number of benzene rings is 2. The van der Waals surface area contributed by atoms with E-state index in [0.717, 1.165) is 45.2 Å². The van der Waals surface area contributed by atoms with E-state index in [4.69, 9.17) is 23.9 Å². The molecule has 0 saturated heterocycles. The summed E-state index contributed by atoms with van der Waals surface area (Å²) >= 11 is 0. The quantitative estimate of drug-likeness (QED) is 0.688. The van der Waals surface area contributed by atoms with Crippen molar-refractivity contribution in [2.45, 2.75) is 0 Å². The Morgan fingerprint density at radius 3 is 2.27 bits per heavy atom. The van der Waals surface area contributed by atoms with Gasteiger partial charge in [0.15, 0.2) is 23.0 Å². The second-order valence-corrected chi connectivity index (χ2v) is 5.16. The van der Waals surface area contributed by atoms with Gasteiger partial charge in [0.05, 0.1) is 11.2 Å². The van der Waals surface area contributed by atoms with E-state index in [1.807, 2.05) is 42.5 Å². The zero-order chi connectivity index (χ0) is 14.5.